The normalized spacial score (nSPS) is 11.2. The van der Waals surface area contributed by atoms with E-state index < -0.39 is 0 Å². The molecule has 0 spiro atoms. The van der Waals surface area contributed by atoms with Gasteiger partial charge in [0.2, 0.25) is 5.96 Å². The molecule has 0 saturated heterocycles. The number of ether oxygens (including phenoxy) is 1. The van der Waals surface area contributed by atoms with Gasteiger partial charge in [-0.15, -0.1) is 0 Å². The molecule has 8 heteroatoms. The van der Waals surface area contributed by atoms with Crippen molar-refractivity contribution in [3.8, 4) is 0 Å². The lowest BCUT2D eigenvalue weighted by Gasteiger charge is -2.12. The molecule has 0 unspecified atom stereocenters. The van der Waals surface area contributed by atoms with Crippen molar-refractivity contribution in [2.24, 2.45) is 12.0 Å². The van der Waals surface area contributed by atoms with E-state index in [0.717, 1.165) is 17.0 Å². The highest BCUT2D eigenvalue weighted by molar-refractivity contribution is 6.10. The van der Waals surface area contributed by atoms with E-state index in [1.54, 1.807) is 55.5 Å². The Morgan fingerprint density at radius 3 is 2.31 bits per heavy atom. The van der Waals surface area contributed by atoms with E-state index in [1.165, 1.54) is 0 Å². The summed E-state index contributed by atoms with van der Waals surface area (Å²) >= 11 is 0. The van der Waals surface area contributed by atoms with Crippen LogP contribution in [0.1, 0.15) is 44.6 Å². The zero-order chi connectivity index (χ0) is 23.1. The molecule has 0 aliphatic heterocycles. The van der Waals surface area contributed by atoms with Crippen LogP contribution >= 0.6 is 0 Å². The smallest absolute Gasteiger partial charge is 0.338 e. The second-order valence-electron chi connectivity index (χ2n) is 7.18. The number of amides is 1. The van der Waals surface area contributed by atoms with Gasteiger partial charge >= 0.3 is 5.97 Å². The van der Waals surface area contributed by atoms with Crippen LogP contribution in [0.4, 0.5) is 5.69 Å². The summed E-state index contributed by atoms with van der Waals surface area (Å²) < 4.78 is 6.82. The highest BCUT2D eigenvalue weighted by Gasteiger charge is 2.13. The van der Waals surface area contributed by atoms with Crippen molar-refractivity contribution in [2.75, 3.05) is 11.9 Å². The molecule has 2 aromatic carbocycles. The number of hydrogen-bond donors (Lipinski definition) is 2. The zero-order valence-electron chi connectivity index (χ0n) is 18.7. The quantitative estimate of drug-likeness (QED) is 0.352. The Bertz CT molecular complexity index is 1120. The molecule has 1 heterocycles. The lowest BCUT2D eigenvalue weighted by molar-refractivity contribution is 0.0526. The van der Waals surface area contributed by atoms with E-state index in [9.17, 15) is 9.59 Å². The van der Waals surface area contributed by atoms with Crippen molar-refractivity contribution < 1.29 is 14.3 Å². The molecule has 1 aromatic heterocycles. The Kier molecular flexibility index (Phi) is 7.38. The lowest BCUT2D eigenvalue weighted by Crippen LogP contribution is -2.36. The molecule has 0 radical (unpaired) electrons. The van der Waals surface area contributed by atoms with E-state index in [2.05, 4.69) is 20.7 Å². The van der Waals surface area contributed by atoms with E-state index in [-0.39, 0.29) is 11.9 Å². The average Bonchev–Trinajstić information content (AvgIpc) is 3.04. The number of aliphatic imine (C=N–C) groups is 1. The van der Waals surface area contributed by atoms with Crippen molar-refractivity contribution in [1.82, 2.24) is 15.1 Å². The minimum Gasteiger partial charge on any atom is -0.462 e. The summed E-state index contributed by atoms with van der Waals surface area (Å²) in [7, 11) is 1.89. The third kappa shape index (κ3) is 5.60. The molecule has 166 valence electrons. The third-order valence-corrected chi connectivity index (χ3v) is 4.98. The van der Waals surface area contributed by atoms with Gasteiger partial charge in [-0.25, -0.2) is 9.79 Å². The fraction of sp³-hybridized carbons (Fsp3) is 0.250. The maximum Gasteiger partial charge on any atom is 0.338 e. The fourth-order valence-corrected chi connectivity index (χ4v) is 3.12. The monoisotopic (exact) mass is 433 g/mol. The Labute approximate surface area is 187 Å². The minimum atomic E-state index is -0.382. The number of aromatic nitrogens is 2. The average molecular weight is 434 g/mol. The minimum absolute atomic E-state index is 0.278. The second-order valence-corrected chi connectivity index (χ2v) is 7.18. The first-order valence-corrected chi connectivity index (χ1v) is 10.3. The highest BCUT2D eigenvalue weighted by atomic mass is 16.5. The van der Waals surface area contributed by atoms with Gasteiger partial charge in [0.15, 0.2) is 0 Å². The van der Waals surface area contributed by atoms with E-state index >= 15 is 0 Å². The van der Waals surface area contributed by atoms with Crippen LogP contribution in [0.5, 0.6) is 0 Å². The van der Waals surface area contributed by atoms with E-state index in [0.29, 0.717) is 35.9 Å². The molecule has 0 atom stereocenters. The summed E-state index contributed by atoms with van der Waals surface area (Å²) in [5.41, 5.74) is 4.54. The van der Waals surface area contributed by atoms with Crippen LogP contribution in [-0.2, 0) is 18.3 Å². The van der Waals surface area contributed by atoms with Gasteiger partial charge in [-0.1, -0.05) is 18.2 Å². The Balaban J connectivity index is 1.82. The van der Waals surface area contributed by atoms with Gasteiger partial charge in [0.1, 0.15) is 0 Å². The lowest BCUT2D eigenvalue weighted by atomic mass is 10.2. The van der Waals surface area contributed by atoms with Crippen molar-refractivity contribution in [3.63, 3.8) is 0 Å². The largest absolute Gasteiger partial charge is 0.462 e. The van der Waals surface area contributed by atoms with Crippen LogP contribution < -0.4 is 10.6 Å². The Hall–Kier alpha value is -3.94. The van der Waals surface area contributed by atoms with Crippen LogP contribution in [0.15, 0.2) is 59.6 Å². The SMILES string of the molecule is CCOC(=O)c1ccc(NC(=NCc2c(C)nn(C)c2C)NC(=O)c2ccccc2)cc1. The van der Waals surface area contributed by atoms with Gasteiger partial charge in [0.05, 0.1) is 24.4 Å². The summed E-state index contributed by atoms with van der Waals surface area (Å²) in [6.45, 7) is 6.34. The number of esters is 1. The first-order chi connectivity index (χ1) is 15.4. The van der Waals surface area contributed by atoms with E-state index in [1.807, 2.05) is 31.6 Å². The standard InChI is InChI=1S/C24H27N5O3/c1-5-32-23(31)19-11-13-20(14-12-19)26-24(27-22(30)18-9-7-6-8-10-18)25-15-21-16(2)28-29(4)17(21)3/h6-14H,5,15H2,1-4H3,(H2,25,26,27,30). The molecule has 32 heavy (non-hydrogen) atoms. The number of nitrogens with zero attached hydrogens (tertiary/aromatic N) is 3. The summed E-state index contributed by atoms with van der Waals surface area (Å²) in [6, 6.07) is 15.7. The molecule has 0 bridgehead atoms. The number of nitrogens with one attached hydrogen (secondary N) is 2. The van der Waals surface area contributed by atoms with Crippen LogP contribution in [0.25, 0.3) is 0 Å². The van der Waals surface area contributed by atoms with Crippen molar-refractivity contribution >= 4 is 23.5 Å². The molecular weight excluding hydrogens is 406 g/mol. The Morgan fingerprint density at radius 1 is 1.03 bits per heavy atom. The molecule has 0 fully saturated rings. The van der Waals surface area contributed by atoms with Gasteiger partial charge < -0.3 is 10.1 Å². The predicted octanol–water partition coefficient (Wildman–Crippen LogP) is 3.61. The fourth-order valence-electron chi connectivity index (χ4n) is 3.12. The number of carbonyl (C=O) groups is 2. The van der Waals surface area contributed by atoms with Crippen molar-refractivity contribution in [2.45, 2.75) is 27.3 Å². The van der Waals surface area contributed by atoms with Crippen LogP contribution in [0, 0.1) is 13.8 Å². The second kappa shape index (κ2) is 10.4. The first kappa shape index (κ1) is 22.7. The van der Waals surface area contributed by atoms with Crippen LogP contribution in [0.2, 0.25) is 0 Å². The van der Waals surface area contributed by atoms with Gasteiger partial charge in [0, 0.05) is 29.6 Å². The molecule has 2 N–H and O–H groups in total. The molecule has 3 aromatic rings. The summed E-state index contributed by atoms with van der Waals surface area (Å²) in [5.74, 6) is -0.363. The van der Waals surface area contributed by atoms with E-state index in [4.69, 9.17) is 4.74 Å². The molecule has 0 aliphatic carbocycles. The molecular formula is C24H27N5O3. The maximum absolute atomic E-state index is 12.7. The first-order valence-electron chi connectivity index (χ1n) is 10.3. The van der Waals surface area contributed by atoms with Crippen molar-refractivity contribution in [1.29, 1.82) is 0 Å². The number of hydrogen-bond acceptors (Lipinski definition) is 5. The predicted molar refractivity (Wildman–Crippen MR) is 124 cm³/mol. The number of guanidine groups is 1. The summed E-state index contributed by atoms with van der Waals surface area (Å²) in [5, 5.41) is 10.4. The number of anilines is 1. The molecule has 0 saturated carbocycles. The summed E-state index contributed by atoms with van der Waals surface area (Å²) in [6.07, 6.45) is 0. The van der Waals surface area contributed by atoms with Crippen LogP contribution in [0.3, 0.4) is 0 Å². The van der Waals surface area contributed by atoms with Gasteiger partial charge in [0.25, 0.3) is 5.91 Å². The molecule has 3 rings (SSSR count). The molecule has 0 aliphatic rings. The number of aryl methyl sites for hydroxylation is 2. The topological polar surface area (TPSA) is 97.6 Å². The van der Waals surface area contributed by atoms with Crippen molar-refractivity contribution in [3.05, 3.63) is 82.7 Å². The molecule has 8 nitrogen and oxygen atoms in total. The van der Waals surface area contributed by atoms with Gasteiger partial charge in [-0.3, -0.25) is 14.8 Å². The number of carbonyl (C=O) groups excluding carboxylic acids is 2. The number of rotatable bonds is 6. The summed E-state index contributed by atoms with van der Waals surface area (Å²) in [4.78, 5) is 29.2. The maximum atomic E-state index is 12.7. The van der Waals surface area contributed by atoms with Crippen LogP contribution in [-0.4, -0.2) is 34.2 Å². The number of benzene rings is 2. The Morgan fingerprint density at radius 2 is 1.72 bits per heavy atom. The third-order valence-electron chi connectivity index (χ3n) is 4.98. The van der Waals surface area contributed by atoms with Gasteiger partial charge in [-0.05, 0) is 57.2 Å². The highest BCUT2D eigenvalue weighted by Crippen LogP contribution is 2.14. The zero-order valence-corrected chi connectivity index (χ0v) is 18.7. The van der Waals surface area contributed by atoms with Gasteiger partial charge in [-0.2, -0.15) is 5.10 Å². The molecule has 1 amide bonds.